The predicted molar refractivity (Wildman–Crippen MR) is 69.7 cm³/mol. The van der Waals surface area contributed by atoms with Crippen molar-refractivity contribution in [3.8, 4) is 0 Å². The van der Waals surface area contributed by atoms with E-state index in [1.165, 1.54) is 0 Å². The van der Waals surface area contributed by atoms with Crippen LogP contribution in [0, 0.1) is 0 Å². The van der Waals surface area contributed by atoms with Gasteiger partial charge in [-0.1, -0.05) is 12.2 Å². The Morgan fingerprint density at radius 3 is 2.47 bits per heavy atom. The van der Waals surface area contributed by atoms with E-state index in [-0.39, 0.29) is 18.3 Å². The topological polar surface area (TPSA) is 46.2 Å². The molecular weight excluding hydrogens is 248 g/mol. The summed E-state index contributed by atoms with van der Waals surface area (Å²) in [5.41, 5.74) is 0. The summed E-state index contributed by atoms with van der Waals surface area (Å²) in [6, 6.07) is 0. The van der Waals surface area contributed by atoms with Gasteiger partial charge in [-0.05, 0) is 13.8 Å². The minimum Gasteiger partial charge on any atom is -0.375 e. The highest BCUT2D eigenvalue weighted by Gasteiger charge is 2.55. The van der Waals surface area contributed by atoms with E-state index < -0.39 is 12.1 Å². The van der Waals surface area contributed by atoms with Crippen molar-refractivity contribution in [1.82, 2.24) is 0 Å². The Morgan fingerprint density at radius 2 is 1.79 bits per heavy atom. The Bertz CT molecular complexity index is 328. The molecule has 0 aromatic heterocycles. The fourth-order valence-corrected chi connectivity index (χ4v) is 2.34. The van der Waals surface area contributed by atoms with Gasteiger partial charge in [-0.25, -0.2) is 0 Å². The summed E-state index contributed by atoms with van der Waals surface area (Å²) < 4.78 is 28.5. The summed E-state index contributed by atoms with van der Waals surface area (Å²) in [5, 5.41) is 0. The van der Waals surface area contributed by atoms with Gasteiger partial charge in [0.25, 0.3) is 0 Å². The molecule has 0 spiro atoms. The van der Waals surface area contributed by atoms with Gasteiger partial charge >= 0.3 is 0 Å². The highest BCUT2D eigenvalue weighted by atomic mass is 16.8. The summed E-state index contributed by atoms with van der Waals surface area (Å²) in [5.74, 6) is -0.619. The third-order valence-corrected chi connectivity index (χ3v) is 3.00. The normalized spacial score (nSPS) is 36.1. The predicted octanol–water partition coefficient (Wildman–Crippen LogP) is 1.64. The minimum atomic E-state index is -0.619. The van der Waals surface area contributed by atoms with Crippen LogP contribution >= 0.6 is 0 Å². The smallest absolute Gasteiger partial charge is 0.187 e. The Labute approximate surface area is 114 Å². The largest absolute Gasteiger partial charge is 0.375 e. The van der Waals surface area contributed by atoms with Crippen LogP contribution in [-0.2, 0) is 23.7 Å². The molecule has 0 aromatic rings. The van der Waals surface area contributed by atoms with Crippen LogP contribution in [0.15, 0.2) is 25.3 Å². The molecule has 2 aliphatic rings. The quantitative estimate of drug-likeness (QED) is 0.520. The first-order valence-electron chi connectivity index (χ1n) is 6.49. The number of hydrogen-bond acceptors (Lipinski definition) is 5. The zero-order valence-corrected chi connectivity index (χ0v) is 11.5. The van der Waals surface area contributed by atoms with Crippen LogP contribution in [0.1, 0.15) is 13.8 Å². The van der Waals surface area contributed by atoms with E-state index in [0.29, 0.717) is 19.8 Å². The first kappa shape index (κ1) is 14.7. The van der Waals surface area contributed by atoms with Gasteiger partial charge in [-0.15, -0.1) is 13.2 Å². The Kier molecular flexibility index (Phi) is 4.76. The van der Waals surface area contributed by atoms with Crippen LogP contribution in [-0.4, -0.2) is 50.2 Å². The van der Waals surface area contributed by atoms with E-state index >= 15 is 0 Å². The van der Waals surface area contributed by atoms with Gasteiger partial charge in [-0.3, -0.25) is 0 Å². The second kappa shape index (κ2) is 6.15. The van der Waals surface area contributed by atoms with Gasteiger partial charge < -0.3 is 23.7 Å². The number of hydrogen-bond donors (Lipinski definition) is 0. The van der Waals surface area contributed by atoms with Gasteiger partial charge in [0.1, 0.15) is 18.3 Å². The van der Waals surface area contributed by atoms with Crippen LogP contribution in [0.4, 0.5) is 0 Å². The molecule has 0 amide bonds. The highest BCUT2D eigenvalue weighted by molar-refractivity contribution is 4.95. The summed E-state index contributed by atoms with van der Waals surface area (Å²) in [6.07, 6.45) is 2.35. The zero-order valence-electron chi connectivity index (χ0n) is 11.5. The molecule has 2 heterocycles. The summed E-state index contributed by atoms with van der Waals surface area (Å²) in [7, 11) is 0. The molecule has 4 atom stereocenters. The van der Waals surface area contributed by atoms with Crippen LogP contribution < -0.4 is 0 Å². The Morgan fingerprint density at radius 1 is 1.11 bits per heavy atom. The lowest BCUT2D eigenvalue weighted by atomic mass is 10.1. The maximum atomic E-state index is 5.87. The molecule has 5 heteroatoms. The minimum absolute atomic E-state index is 0.172. The average Bonchev–Trinajstić information content (AvgIpc) is 2.82. The van der Waals surface area contributed by atoms with Crippen molar-refractivity contribution >= 4 is 0 Å². The lowest BCUT2D eigenvalue weighted by Crippen LogP contribution is -2.33. The molecule has 0 aromatic carbocycles. The van der Waals surface area contributed by atoms with Crippen LogP contribution in [0.25, 0.3) is 0 Å². The molecule has 0 radical (unpaired) electrons. The first-order valence-corrected chi connectivity index (χ1v) is 6.49. The van der Waals surface area contributed by atoms with E-state index in [0.717, 1.165) is 0 Å². The lowest BCUT2D eigenvalue weighted by Gasteiger charge is -2.23. The maximum Gasteiger partial charge on any atom is 0.187 e. The van der Waals surface area contributed by atoms with Gasteiger partial charge in [0.05, 0.1) is 19.8 Å². The molecule has 0 N–H and O–H groups in total. The Hall–Kier alpha value is -0.720. The fourth-order valence-electron chi connectivity index (χ4n) is 2.34. The lowest BCUT2D eigenvalue weighted by molar-refractivity contribution is -0.235. The molecule has 2 saturated heterocycles. The monoisotopic (exact) mass is 270 g/mol. The summed E-state index contributed by atoms with van der Waals surface area (Å²) in [4.78, 5) is 0. The molecule has 19 heavy (non-hydrogen) atoms. The molecule has 2 fully saturated rings. The second-order valence-electron chi connectivity index (χ2n) is 5.06. The van der Waals surface area contributed by atoms with E-state index in [1.54, 1.807) is 12.2 Å². The third kappa shape index (κ3) is 3.43. The van der Waals surface area contributed by atoms with Gasteiger partial charge in [0.2, 0.25) is 0 Å². The number of ether oxygens (including phenoxy) is 5. The van der Waals surface area contributed by atoms with E-state index in [1.807, 2.05) is 13.8 Å². The highest BCUT2D eigenvalue weighted by Crippen LogP contribution is 2.39. The Balaban J connectivity index is 1.97. The standard InChI is InChI=1S/C14H22O5/c1-5-7-15-9-10-11-12(19-14(3,4)18-11)13(17-10)16-8-6-2/h5-6,10-13H,1-2,7-9H2,3-4H3/t10-,11-,12-,13?/m1/s1. The van der Waals surface area contributed by atoms with Crippen molar-refractivity contribution in [2.45, 2.75) is 44.2 Å². The van der Waals surface area contributed by atoms with Gasteiger partial charge in [-0.2, -0.15) is 0 Å². The first-order chi connectivity index (χ1) is 9.07. The van der Waals surface area contributed by atoms with Crippen molar-refractivity contribution in [2.75, 3.05) is 19.8 Å². The maximum absolute atomic E-state index is 5.87. The van der Waals surface area contributed by atoms with Crippen molar-refractivity contribution in [2.24, 2.45) is 0 Å². The van der Waals surface area contributed by atoms with Crippen LogP contribution in [0.3, 0.4) is 0 Å². The SMILES string of the molecule is C=CCOC[C@H]1OC(OCC=C)[C@@H]2OC(C)(C)O[C@H]12. The van der Waals surface area contributed by atoms with E-state index in [9.17, 15) is 0 Å². The molecule has 108 valence electrons. The van der Waals surface area contributed by atoms with Crippen LogP contribution in [0.2, 0.25) is 0 Å². The number of fused-ring (bicyclic) bond motifs is 1. The van der Waals surface area contributed by atoms with Gasteiger partial charge in [0, 0.05) is 0 Å². The molecule has 0 saturated carbocycles. The van der Waals surface area contributed by atoms with Crippen molar-refractivity contribution in [3.05, 3.63) is 25.3 Å². The van der Waals surface area contributed by atoms with E-state index in [2.05, 4.69) is 13.2 Å². The molecule has 0 aliphatic carbocycles. The van der Waals surface area contributed by atoms with Crippen molar-refractivity contribution < 1.29 is 23.7 Å². The third-order valence-electron chi connectivity index (χ3n) is 3.00. The molecule has 0 bridgehead atoms. The van der Waals surface area contributed by atoms with Crippen molar-refractivity contribution in [1.29, 1.82) is 0 Å². The summed E-state index contributed by atoms with van der Waals surface area (Å²) in [6.45, 7) is 12.3. The molecule has 2 rings (SSSR count). The molecule has 1 unspecified atom stereocenters. The zero-order chi connectivity index (χ0) is 13.9. The van der Waals surface area contributed by atoms with Gasteiger partial charge in [0.15, 0.2) is 12.1 Å². The van der Waals surface area contributed by atoms with Crippen molar-refractivity contribution in [3.63, 3.8) is 0 Å². The fraction of sp³-hybridized carbons (Fsp3) is 0.714. The average molecular weight is 270 g/mol. The van der Waals surface area contributed by atoms with E-state index in [4.69, 9.17) is 23.7 Å². The summed E-state index contributed by atoms with van der Waals surface area (Å²) >= 11 is 0. The second-order valence-corrected chi connectivity index (χ2v) is 5.06. The number of rotatable bonds is 7. The molecule has 2 aliphatic heterocycles. The molecule has 5 nitrogen and oxygen atoms in total. The molecular formula is C14H22O5. The van der Waals surface area contributed by atoms with Crippen LogP contribution in [0.5, 0.6) is 0 Å².